The van der Waals surface area contributed by atoms with Gasteiger partial charge in [-0.15, -0.1) is 9.90 Å². The third-order valence-corrected chi connectivity index (χ3v) is 4.59. The van der Waals surface area contributed by atoms with Gasteiger partial charge < -0.3 is 5.32 Å². The number of hydrogen-bond donors (Lipinski definition) is 1. The van der Waals surface area contributed by atoms with Gasteiger partial charge >= 0.3 is 0 Å². The molecule has 30 heavy (non-hydrogen) atoms. The monoisotopic (exact) mass is 397 g/mol. The summed E-state index contributed by atoms with van der Waals surface area (Å²) in [7, 11) is 0. The summed E-state index contributed by atoms with van der Waals surface area (Å²) in [6, 6.07) is 13.0. The largest absolute Gasteiger partial charge is 0.319 e. The SMILES string of the molecule is Cc1c(C(=O)Nc2ccc(-n3nccn3)nc2)nnn1-c1cccc2ncccc12. The van der Waals surface area contributed by atoms with Gasteiger partial charge in [-0.1, -0.05) is 11.3 Å². The van der Waals surface area contributed by atoms with Crippen LogP contribution in [0.1, 0.15) is 16.2 Å². The molecule has 0 aliphatic rings. The summed E-state index contributed by atoms with van der Waals surface area (Å²) in [5.74, 6) is 0.175. The predicted molar refractivity (Wildman–Crippen MR) is 109 cm³/mol. The summed E-state index contributed by atoms with van der Waals surface area (Å²) in [5.41, 5.74) is 3.03. The molecule has 0 saturated heterocycles. The maximum atomic E-state index is 12.8. The van der Waals surface area contributed by atoms with Crippen molar-refractivity contribution in [3.63, 3.8) is 0 Å². The predicted octanol–water partition coefficient (Wildman–Crippen LogP) is 2.35. The second kappa shape index (κ2) is 7.17. The third kappa shape index (κ3) is 3.05. The van der Waals surface area contributed by atoms with E-state index in [1.165, 1.54) is 11.0 Å². The lowest BCUT2D eigenvalue weighted by Crippen LogP contribution is -2.14. The van der Waals surface area contributed by atoms with E-state index in [2.05, 4.69) is 35.8 Å². The fourth-order valence-corrected chi connectivity index (χ4v) is 3.14. The molecule has 1 aromatic carbocycles. The molecule has 4 aromatic heterocycles. The van der Waals surface area contributed by atoms with Crippen LogP contribution in [0, 0.1) is 6.92 Å². The summed E-state index contributed by atoms with van der Waals surface area (Å²) in [6.07, 6.45) is 6.40. The summed E-state index contributed by atoms with van der Waals surface area (Å²) >= 11 is 0. The molecule has 5 aromatic rings. The molecule has 0 spiro atoms. The van der Waals surface area contributed by atoms with Crippen LogP contribution in [0.4, 0.5) is 5.69 Å². The van der Waals surface area contributed by atoms with Crippen molar-refractivity contribution >= 4 is 22.5 Å². The molecule has 0 fully saturated rings. The maximum Gasteiger partial charge on any atom is 0.278 e. The standard InChI is InChI=1S/C20H15N9O/c1-13-19(20(30)25-14-7-8-18(22-12-14)29-23-10-11-24-29)26-27-28(13)17-6-2-5-16-15(17)4-3-9-21-16/h2-12H,1H3,(H,25,30). The summed E-state index contributed by atoms with van der Waals surface area (Å²) in [4.78, 5) is 22.8. The van der Waals surface area contributed by atoms with Crippen LogP contribution in [0.2, 0.25) is 0 Å². The zero-order valence-corrected chi connectivity index (χ0v) is 15.8. The number of carbonyl (C=O) groups is 1. The number of hydrogen-bond acceptors (Lipinski definition) is 7. The highest BCUT2D eigenvalue weighted by Crippen LogP contribution is 2.22. The number of carbonyl (C=O) groups excluding carboxylic acids is 1. The topological polar surface area (TPSA) is 116 Å². The molecule has 10 nitrogen and oxygen atoms in total. The summed E-state index contributed by atoms with van der Waals surface area (Å²) < 4.78 is 1.64. The van der Waals surface area contributed by atoms with Crippen LogP contribution in [-0.2, 0) is 0 Å². The summed E-state index contributed by atoms with van der Waals surface area (Å²) in [6.45, 7) is 1.80. The van der Waals surface area contributed by atoms with Crippen molar-refractivity contribution in [2.45, 2.75) is 6.92 Å². The third-order valence-electron chi connectivity index (χ3n) is 4.59. The number of amides is 1. The average Bonchev–Trinajstić information content (AvgIpc) is 3.44. The van der Waals surface area contributed by atoms with E-state index in [9.17, 15) is 4.79 Å². The quantitative estimate of drug-likeness (QED) is 0.495. The minimum absolute atomic E-state index is 0.230. The van der Waals surface area contributed by atoms with Gasteiger partial charge in [-0.05, 0) is 43.3 Å². The minimum atomic E-state index is -0.371. The van der Waals surface area contributed by atoms with Gasteiger partial charge in [0.15, 0.2) is 11.5 Å². The molecular weight excluding hydrogens is 382 g/mol. The molecule has 0 bridgehead atoms. The molecule has 0 aliphatic carbocycles. The molecule has 0 atom stereocenters. The van der Waals surface area contributed by atoms with E-state index in [-0.39, 0.29) is 11.6 Å². The van der Waals surface area contributed by atoms with Crippen LogP contribution in [-0.4, -0.2) is 45.9 Å². The highest BCUT2D eigenvalue weighted by atomic mass is 16.2. The number of rotatable bonds is 4. The molecular formula is C20H15N9O. The zero-order valence-electron chi connectivity index (χ0n) is 15.8. The zero-order chi connectivity index (χ0) is 20.5. The van der Waals surface area contributed by atoms with Crippen molar-refractivity contribution in [3.8, 4) is 11.5 Å². The first-order chi connectivity index (χ1) is 14.7. The number of benzene rings is 1. The molecule has 5 rings (SSSR count). The number of anilines is 1. The molecule has 0 unspecified atom stereocenters. The Morgan fingerprint density at radius 2 is 1.83 bits per heavy atom. The molecule has 146 valence electrons. The molecule has 1 amide bonds. The van der Waals surface area contributed by atoms with Gasteiger partial charge in [0.25, 0.3) is 5.91 Å². The Hall–Kier alpha value is -4.47. The van der Waals surface area contributed by atoms with E-state index in [4.69, 9.17) is 0 Å². The van der Waals surface area contributed by atoms with E-state index in [1.807, 2.05) is 30.3 Å². The fraction of sp³-hybridized carbons (Fsp3) is 0.0500. The first-order valence-electron chi connectivity index (χ1n) is 9.11. The van der Waals surface area contributed by atoms with Crippen molar-refractivity contribution in [1.29, 1.82) is 0 Å². The van der Waals surface area contributed by atoms with Crippen molar-refractivity contribution in [1.82, 2.24) is 40.0 Å². The first-order valence-corrected chi connectivity index (χ1v) is 9.11. The number of fused-ring (bicyclic) bond motifs is 1. The van der Waals surface area contributed by atoms with E-state index in [0.717, 1.165) is 16.6 Å². The first kappa shape index (κ1) is 17.6. The van der Waals surface area contributed by atoms with Crippen molar-refractivity contribution in [3.05, 3.63) is 78.6 Å². The van der Waals surface area contributed by atoms with Gasteiger partial charge in [-0.3, -0.25) is 9.78 Å². The van der Waals surface area contributed by atoms with Crippen molar-refractivity contribution in [2.75, 3.05) is 5.32 Å². The van der Waals surface area contributed by atoms with E-state index >= 15 is 0 Å². The molecule has 0 aliphatic heterocycles. The van der Waals surface area contributed by atoms with Gasteiger partial charge in [-0.2, -0.15) is 10.2 Å². The van der Waals surface area contributed by atoms with E-state index < -0.39 is 0 Å². The average molecular weight is 397 g/mol. The second-order valence-electron chi connectivity index (χ2n) is 6.46. The van der Waals surface area contributed by atoms with E-state index in [0.29, 0.717) is 17.2 Å². The maximum absolute atomic E-state index is 12.8. The van der Waals surface area contributed by atoms with Crippen LogP contribution >= 0.6 is 0 Å². The molecule has 0 saturated carbocycles. The fourth-order valence-electron chi connectivity index (χ4n) is 3.14. The lowest BCUT2D eigenvalue weighted by Gasteiger charge is -2.08. The van der Waals surface area contributed by atoms with Gasteiger partial charge in [-0.25, -0.2) is 9.67 Å². The van der Waals surface area contributed by atoms with E-state index in [1.54, 1.807) is 42.3 Å². The Morgan fingerprint density at radius 3 is 2.63 bits per heavy atom. The number of aromatic nitrogens is 8. The van der Waals surface area contributed by atoms with Crippen LogP contribution in [0.25, 0.3) is 22.4 Å². The smallest absolute Gasteiger partial charge is 0.278 e. The molecule has 0 radical (unpaired) electrons. The molecule has 10 heteroatoms. The Kier molecular flexibility index (Phi) is 4.21. The number of nitrogens with one attached hydrogen (secondary N) is 1. The number of pyridine rings is 2. The number of nitrogens with zero attached hydrogens (tertiary/aromatic N) is 8. The Balaban J connectivity index is 1.41. The highest BCUT2D eigenvalue weighted by molar-refractivity contribution is 6.03. The highest BCUT2D eigenvalue weighted by Gasteiger charge is 2.19. The normalized spacial score (nSPS) is 11.0. The molecule has 4 heterocycles. The van der Waals surface area contributed by atoms with Crippen LogP contribution in [0.5, 0.6) is 0 Å². The van der Waals surface area contributed by atoms with Gasteiger partial charge in [0.1, 0.15) is 0 Å². The lowest BCUT2D eigenvalue weighted by molar-refractivity contribution is 0.102. The van der Waals surface area contributed by atoms with Crippen LogP contribution < -0.4 is 5.32 Å². The Labute approximate surface area is 170 Å². The Morgan fingerprint density at radius 1 is 0.967 bits per heavy atom. The van der Waals surface area contributed by atoms with Crippen molar-refractivity contribution in [2.24, 2.45) is 0 Å². The molecule has 1 N–H and O–H groups in total. The van der Waals surface area contributed by atoms with Gasteiger partial charge in [0.2, 0.25) is 0 Å². The minimum Gasteiger partial charge on any atom is -0.319 e. The van der Waals surface area contributed by atoms with Gasteiger partial charge in [0, 0.05) is 11.6 Å². The summed E-state index contributed by atoms with van der Waals surface area (Å²) in [5, 5.41) is 20.0. The van der Waals surface area contributed by atoms with Gasteiger partial charge in [0.05, 0.1) is 41.2 Å². The Bertz CT molecular complexity index is 1340. The lowest BCUT2D eigenvalue weighted by atomic mass is 10.2. The van der Waals surface area contributed by atoms with Crippen LogP contribution in [0.15, 0.2) is 67.3 Å². The second-order valence-corrected chi connectivity index (χ2v) is 6.46. The van der Waals surface area contributed by atoms with Crippen molar-refractivity contribution < 1.29 is 4.79 Å². The van der Waals surface area contributed by atoms with Crippen LogP contribution in [0.3, 0.4) is 0 Å².